The molecule has 3 nitrogen and oxygen atoms in total. The van der Waals surface area contributed by atoms with Crippen LogP contribution < -0.4 is 0 Å². The highest BCUT2D eigenvalue weighted by atomic mass is 16.3. The van der Waals surface area contributed by atoms with Gasteiger partial charge in [-0.1, -0.05) is 19.8 Å². The smallest absolute Gasteiger partial charge is 0.0519 e. The molecule has 0 radical (unpaired) electrons. The molecule has 17 heavy (non-hydrogen) atoms. The lowest BCUT2D eigenvalue weighted by Gasteiger charge is -2.46. The normalized spacial score (nSPS) is 31.2. The predicted octanol–water partition coefficient (Wildman–Crippen LogP) is 1.63. The van der Waals surface area contributed by atoms with E-state index in [0.29, 0.717) is 0 Å². The van der Waals surface area contributed by atoms with Gasteiger partial charge in [-0.25, -0.2) is 0 Å². The van der Waals surface area contributed by atoms with Gasteiger partial charge in [0, 0.05) is 18.0 Å². The van der Waals surface area contributed by atoms with Gasteiger partial charge < -0.3 is 10.2 Å². The van der Waals surface area contributed by atoms with Gasteiger partial charge in [-0.05, 0) is 38.1 Å². The lowest BCUT2D eigenvalue weighted by atomic mass is 9.77. The first-order valence-electron chi connectivity index (χ1n) is 7.14. The molecule has 1 aliphatic carbocycles. The number of likely N-dealkylation sites (tertiary alicyclic amines) is 1. The molecule has 0 bridgehead atoms. The quantitative estimate of drug-likeness (QED) is 0.786. The van der Waals surface area contributed by atoms with Crippen LogP contribution in [-0.4, -0.2) is 47.5 Å². The second-order valence-corrected chi connectivity index (χ2v) is 6.35. The van der Waals surface area contributed by atoms with E-state index in [9.17, 15) is 10.2 Å². The molecule has 2 rings (SSSR count). The number of rotatable bonds is 4. The summed E-state index contributed by atoms with van der Waals surface area (Å²) in [4.78, 5) is 2.54. The first-order valence-corrected chi connectivity index (χ1v) is 7.14. The van der Waals surface area contributed by atoms with Crippen LogP contribution in [0.3, 0.4) is 0 Å². The number of fused-ring (bicyclic) bond motifs is 1. The zero-order valence-electron chi connectivity index (χ0n) is 11.1. The fraction of sp³-hybridized carbons (Fsp3) is 1.00. The summed E-state index contributed by atoms with van der Waals surface area (Å²) in [6, 6.07) is 0.718. The molecule has 2 N–H and O–H groups in total. The van der Waals surface area contributed by atoms with E-state index in [0.717, 1.165) is 25.0 Å². The second-order valence-electron chi connectivity index (χ2n) is 6.35. The van der Waals surface area contributed by atoms with Crippen LogP contribution in [0.5, 0.6) is 0 Å². The Kier molecular flexibility index (Phi) is 4.45. The van der Waals surface area contributed by atoms with Crippen LogP contribution in [0.2, 0.25) is 0 Å². The largest absolute Gasteiger partial charge is 0.396 e. The highest BCUT2D eigenvalue weighted by Gasteiger charge is 2.36. The van der Waals surface area contributed by atoms with E-state index in [1.54, 1.807) is 0 Å². The van der Waals surface area contributed by atoms with Gasteiger partial charge in [0.2, 0.25) is 0 Å². The Balaban J connectivity index is 1.98. The average Bonchev–Trinajstić information content (AvgIpc) is 2.39. The van der Waals surface area contributed by atoms with Crippen molar-refractivity contribution < 1.29 is 10.2 Å². The molecule has 1 aliphatic heterocycles. The maximum absolute atomic E-state index is 9.43. The molecular formula is C14H27NO2. The van der Waals surface area contributed by atoms with Crippen molar-refractivity contribution in [2.24, 2.45) is 11.3 Å². The Bertz CT molecular complexity index is 238. The van der Waals surface area contributed by atoms with Gasteiger partial charge >= 0.3 is 0 Å². The molecule has 0 aromatic rings. The Morgan fingerprint density at radius 1 is 1.06 bits per heavy atom. The third kappa shape index (κ3) is 3.01. The zero-order chi connectivity index (χ0) is 12.3. The molecule has 0 aromatic carbocycles. The van der Waals surface area contributed by atoms with Gasteiger partial charge in [0.1, 0.15) is 0 Å². The Labute approximate surface area is 105 Å². The van der Waals surface area contributed by atoms with E-state index in [1.807, 2.05) is 6.92 Å². The molecule has 2 fully saturated rings. The maximum atomic E-state index is 9.43. The van der Waals surface area contributed by atoms with Gasteiger partial charge in [0.25, 0.3) is 0 Å². The molecule has 0 spiro atoms. The van der Waals surface area contributed by atoms with Crippen LogP contribution in [0.15, 0.2) is 0 Å². The van der Waals surface area contributed by atoms with Crippen molar-refractivity contribution in [3.63, 3.8) is 0 Å². The second kappa shape index (κ2) is 5.68. The number of hydrogen-bond acceptors (Lipinski definition) is 3. The van der Waals surface area contributed by atoms with Gasteiger partial charge in [0.15, 0.2) is 0 Å². The van der Waals surface area contributed by atoms with E-state index in [2.05, 4.69) is 4.90 Å². The van der Waals surface area contributed by atoms with Crippen molar-refractivity contribution in [1.82, 2.24) is 4.90 Å². The Morgan fingerprint density at radius 2 is 1.71 bits per heavy atom. The van der Waals surface area contributed by atoms with E-state index < -0.39 is 0 Å². The van der Waals surface area contributed by atoms with Crippen LogP contribution >= 0.6 is 0 Å². The summed E-state index contributed by atoms with van der Waals surface area (Å²) in [6.07, 6.45) is 8.12. The number of piperidine rings is 1. The molecule has 2 aliphatic rings. The molecule has 100 valence electrons. The predicted molar refractivity (Wildman–Crippen MR) is 68.8 cm³/mol. The number of nitrogens with zero attached hydrogens (tertiary/aromatic N) is 1. The fourth-order valence-electron chi connectivity index (χ4n) is 3.56. The topological polar surface area (TPSA) is 43.7 Å². The summed E-state index contributed by atoms with van der Waals surface area (Å²) in [7, 11) is 0. The van der Waals surface area contributed by atoms with E-state index in [4.69, 9.17) is 0 Å². The Morgan fingerprint density at radius 3 is 2.41 bits per heavy atom. The molecule has 1 heterocycles. The molecule has 1 saturated carbocycles. The van der Waals surface area contributed by atoms with Crippen LogP contribution in [0.1, 0.15) is 45.4 Å². The van der Waals surface area contributed by atoms with Gasteiger partial charge in [0.05, 0.1) is 13.2 Å². The van der Waals surface area contributed by atoms with Gasteiger partial charge in [-0.3, -0.25) is 4.90 Å². The molecule has 2 unspecified atom stereocenters. The number of aliphatic hydroxyl groups is 2. The van der Waals surface area contributed by atoms with Crippen molar-refractivity contribution >= 4 is 0 Å². The van der Waals surface area contributed by atoms with Gasteiger partial charge in [-0.2, -0.15) is 0 Å². The third-order valence-corrected chi connectivity index (χ3v) is 4.71. The highest BCUT2D eigenvalue weighted by molar-refractivity contribution is 4.90. The number of hydrogen-bond donors (Lipinski definition) is 2. The van der Waals surface area contributed by atoms with Crippen molar-refractivity contribution in [1.29, 1.82) is 0 Å². The van der Waals surface area contributed by atoms with Gasteiger partial charge in [-0.15, -0.1) is 0 Å². The minimum absolute atomic E-state index is 0.0807. The van der Waals surface area contributed by atoms with Crippen LogP contribution in [0.25, 0.3) is 0 Å². The summed E-state index contributed by atoms with van der Waals surface area (Å²) in [5.41, 5.74) is -0.334. The summed E-state index contributed by atoms with van der Waals surface area (Å²) in [5.74, 6) is 0.874. The van der Waals surface area contributed by atoms with Crippen LogP contribution in [0, 0.1) is 11.3 Å². The minimum atomic E-state index is -0.334. The molecule has 1 saturated heterocycles. The maximum Gasteiger partial charge on any atom is 0.0519 e. The molecular weight excluding hydrogens is 214 g/mol. The lowest BCUT2D eigenvalue weighted by molar-refractivity contribution is -0.0136. The number of aliphatic hydroxyl groups excluding tert-OH is 2. The summed E-state index contributed by atoms with van der Waals surface area (Å²) >= 11 is 0. The lowest BCUT2D eigenvalue weighted by Crippen LogP contribution is -2.51. The van der Waals surface area contributed by atoms with Crippen molar-refractivity contribution in [2.45, 2.75) is 51.5 Å². The highest BCUT2D eigenvalue weighted by Crippen LogP contribution is 2.36. The third-order valence-electron chi connectivity index (χ3n) is 4.71. The summed E-state index contributed by atoms with van der Waals surface area (Å²) in [6.45, 7) is 4.14. The Hall–Kier alpha value is -0.120. The minimum Gasteiger partial charge on any atom is -0.396 e. The van der Waals surface area contributed by atoms with Crippen molar-refractivity contribution in [3.8, 4) is 0 Å². The van der Waals surface area contributed by atoms with Crippen molar-refractivity contribution in [2.75, 3.05) is 26.3 Å². The molecule has 2 atom stereocenters. The molecule has 3 heteroatoms. The van der Waals surface area contributed by atoms with Crippen molar-refractivity contribution in [3.05, 3.63) is 0 Å². The van der Waals surface area contributed by atoms with Crippen LogP contribution in [0.4, 0.5) is 0 Å². The fourth-order valence-corrected chi connectivity index (χ4v) is 3.56. The average molecular weight is 241 g/mol. The standard InChI is InChI=1S/C14H27NO2/c1-14(10-16,11-17)9-15-8-4-6-12-5-2-3-7-13(12)15/h12-13,16-17H,2-11H2,1H3. The molecule has 0 aromatic heterocycles. The summed E-state index contributed by atoms with van der Waals surface area (Å²) < 4.78 is 0. The van der Waals surface area contributed by atoms with E-state index in [-0.39, 0.29) is 18.6 Å². The SMILES string of the molecule is CC(CO)(CO)CN1CCCC2CCCCC21. The van der Waals surface area contributed by atoms with E-state index in [1.165, 1.54) is 38.5 Å². The first kappa shape index (κ1) is 13.3. The van der Waals surface area contributed by atoms with E-state index >= 15 is 0 Å². The summed E-state index contributed by atoms with van der Waals surface area (Å²) in [5, 5.41) is 18.9. The first-order chi connectivity index (χ1) is 8.18. The van der Waals surface area contributed by atoms with Crippen LogP contribution in [-0.2, 0) is 0 Å². The monoisotopic (exact) mass is 241 g/mol. The molecule has 0 amide bonds. The zero-order valence-corrected chi connectivity index (χ0v) is 11.1.